The fourth-order valence-electron chi connectivity index (χ4n) is 2.09. The maximum Gasteiger partial charge on any atom is 0.0620 e. The summed E-state index contributed by atoms with van der Waals surface area (Å²) in [6.07, 6.45) is 2.15. The van der Waals surface area contributed by atoms with Gasteiger partial charge in [-0.3, -0.25) is 0 Å². The molecule has 0 saturated carbocycles. The summed E-state index contributed by atoms with van der Waals surface area (Å²) in [5.74, 6) is 0. The van der Waals surface area contributed by atoms with Gasteiger partial charge < -0.3 is 10.1 Å². The SMILES string of the molecule is CC1COCC(CCc2cccc(Cl)c2)N1. The van der Waals surface area contributed by atoms with E-state index in [0.29, 0.717) is 12.1 Å². The molecule has 1 aliphatic heterocycles. The van der Waals surface area contributed by atoms with Gasteiger partial charge in [0.15, 0.2) is 0 Å². The van der Waals surface area contributed by atoms with Crippen molar-refractivity contribution >= 4 is 11.6 Å². The zero-order valence-electron chi connectivity index (χ0n) is 9.58. The van der Waals surface area contributed by atoms with Crippen LogP contribution in [0.5, 0.6) is 0 Å². The summed E-state index contributed by atoms with van der Waals surface area (Å²) >= 11 is 5.95. The van der Waals surface area contributed by atoms with Crippen LogP contribution in [0.1, 0.15) is 18.9 Å². The van der Waals surface area contributed by atoms with Gasteiger partial charge in [-0.1, -0.05) is 23.7 Å². The predicted octanol–water partition coefficient (Wildman–Crippen LogP) is 2.65. The second kappa shape index (κ2) is 5.67. The average Bonchev–Trinajstić information content (AvgIpc) is 2.27. The second-order valence-electron chi connectivity index (χ2n) is 4.47. The van der Waals surface area contributed by atoms with Crippen molar-refractivity contribution in [2.45, 2.75) is 31.8 Å². The van der Waals surface area contributed by atoms with Gasteiger partial charge in [0.25, 0.3) is 0 Å². The highest BCUT2D eigenvalue weighted by molar-refractivity contribution is 6.30. The molecule has 0 amide bonds. The molecule has 2 rings (SSSR count). The van der Waals surface area contributed by atoms with E-state index >= 15 is 0 Å². The zero-order chi connectivity index (χ0) is 11.4. The predicted molar refractivity (Wildman–Crippen MR) is 67.0 cm³/mol. The monoisotopic (exact) mass is 239 g/mol. The van der Waals surface area contributed by atoms with Crippen LogP contribution < -0.4 is 5.32 Å². The van der Waals surface area contributed by atoms with Crippen LogP contribution in [0.25, 0.3) is 0 Å². The van der Waals surface area contributed by atoms with Gasteiger partial charge in [0.05, 0.1) is 13.2 Å². The molecule has 2 nitrogen and oxygen atoms in total. The lowest BCUT2D eigenvalue weighted by molar-refractivity contribution is 0.0483. The Bertz CT molecular complexity index is 342. The Balaban J connectivity index is 1.82. The molecule has 1 N–H and O–H groups in total. The Morgan fingerprint density at radius 1 is 1.44 bits per heavy atom. The first-order chi connectivity index (χ1) is 7.74. The van der Waals surface area contributed by atoms with Crippen LogP contribution in [0.3, 0.4) is 0 Å². The summed E-state index contributed by atoms with van der Waals surface area (Å²) in [5, 5.41) is 4.36. The molecule has 1 aromatic rings. The fraction of sp³-hybridized carbons (Fsp3) is 0.538. The molecule has 2 atom stereocenters. The van der Waals surface area contributed by atoms with Crippen LogP contribution in [0, 0.1) is 0 Å². The molecule has 1 fully saturated rings. The Kier molecular flexibility index (Phi) is 4.22. The first-order valence-corrected chi connectivity index (χ1v) is 6.20. The number of aryl methyl sites for hydroxylation is 1. The summed E-state index contributed by atoms with van der Waals surface area (Å²) in [5.41, 5.74) is 1.30. The summed E-state index contributed by atoms with van der Waals surface area (Å²) in [4.78, 5) is 0. The lowest BCUT2D eigenvalue weighted by Gasteiger charge is -2.29. The molecular formula is C13H18ClNO. The Labute approximate surface area is 102 Å². The van der Waals surface area contributed by atoms with E-state index in [0.717, 1.165) is 31.1 Å². The quantitative estimate of drug-likeness (QED) is 0.876. The van der Waals surface area contributed by atoms with E-state index in [-0.39, 0.29) is 0 Å². The third-order valence-corrected chi connectivity index (χ3v) is 3.11. The molecule has 1 saturated heterocycles. The third-order valence-electron chi connectivity index (χ3n) is 2.88. The average molecular weight is 240 g/mol. The van der Waals surface area contributed by atoms with Gasteiger partial charge >= 0.3 is 0 Å². The number of hydrogen-bond donors (Lipinski definition) is 1. The fourth-order valence-corrected chi connectivity index (χ4v) is 2.30. The number of rotatable bonds is 3. The molecule has 0 aliphatic carbocycles. The van der Waals surface area contributed by atoms with Gasteiger partial charge in [0, 0.05) is 17.1 Å². The van der Waals surface area contributed by atoms with Crippen LogP contribution in [0.4, 0.5) is 0 Å². The maximum absolute atomic E-state index is 5.95. The van der Waals surface area contributed by atoms with E-state index < -0.39 is 0 Å². The van der Waals surface area contributed by atoms with Gasteiger partial charge in [-0.25, -0.2) is 0 Å². The molecule has 0 aromatic heterocycles. The van der Waals surface area contributed by atoms with E-state index in [2.05, 4.69) is 18.3 Å². The summed E-state index contributed by atoms with van der Waals surface area (Å²) in [6, 6.07) is 9.02. The number of nitrogens with one attached hydrogen (secondary N) is 1. The molecule has 2 unspecified atom stereocenters. The number of ether oxygens (including phenoxy) is 1. The third kappa shape index (κ3) is 3.48. The maximum atomic E-state index is 5.95. The van der Waals surface area contributed by atoms with Crippen molar-refractivity contribution in [3.8, 4) is 0 Å². The molecule has 1 aliphatic rings. The Morgan fingerprint density at radius 3 is 3.06 bits per heavy atom. The van der Waals surface area contributed by atoms with E-state index in [1.54, 1.807) is 0 Å². The molecular weight excluding hydrogens is 222 g/mol. The van der Waals surface area contributed by atoms with Gasteiger partial charge in [0.1, 0.15) is 0 Å². The molecule has 1 heterocycles. The minimum atomic E-state index is 0.470. The van der Waals surface area contributed by atoms with Crippen molar-refractivity contribution in [2.24, 2.45) is 0 Å². The van der Waals surface area contributed by atoms with Crippen molar-refractivity contribution in [2.75, 3.05) is 13.2 Å². The minimum absolute atomic E-state index is 0.470. The molecule has 3 heteroatoms. The van der Waals surface area contributed by atoms with E-state index in [4.69, 9.17) is 16.3 Å². The highest BCUT2D eigenvalue weighted by Gasteiger charge is 2.17. The highest BCUT2D eigenvalue weighted by Crippen LogP contribution is 2.14. The second-order valence-corrected chi connectivity index (χ2v) is 4.91. The van der Waals surface area contributed by atoms with E-state index in [9.17, 15) is 0 Å². The number of halogens is 1. The lowest BCUT2D eigenvalue weighted by atomic mass is 10.0. The molecule has 0 spiro atoms. The molecule has 88 valence electrons. The largest absolute Gasteiger partial charge is 0.378 e. The van der Waals surface area contributed by atoms with Crippen molar-refractivity contribution in [3.63, 3.8) is 0 Å². The van der Waals surface area contributed by atoms with Crippen molar-refractivity contribution < 1.29 is 4.74 Å². The van der Waals surface area contributed by atoms with Crippen LogP contribution in [-0.2, 0) is 11.2 Å². The Morgan fingerprint density at radius 2 is 2.31 bits per heavy atom. The Hall–Kier alpha value is -0.570. The first kappa shape index (κ1) is 11.9. The zero-order valence-corrected chi connectivity index (χ0v) is 10.3. The first-order valence-electron chi connectivity index (χ1n) is 5.82. The van der Waals surface area contributed by atoms with Gasteiger partial charge in [-0.05, 0) is 37.5 Å². The molecule has 1 aromatic carbocycles. The molecule has 16 heavy (non-hydrogen) atoms. The molecule has 0 bridgehead atoms. The number of hydrogen-bond acceptors (Lipinski definition) is 2. The van der Waals surface area contributed by atoms with E-state index in [1.807, 2.05) is 18.2 Å². The summed E-state index contributed by atoms with van der Waals surface area (Å²) in [6.45, 7) is 3.81. The van der Waals surface area contributed by atoms with E-state index in [1.165, 1.54) is 5.56 Å². The van der Waals surface area contributed by atoms with Gasteiger partial charge in [0.2, 0.25) is 0 Å². The van der Waals surface area contributed by atoms with Crippen LogP contribution in [0.15, 0.2) is 24.3 Å². The van der Waals surface area contributed by atoms with Crippen molar-refractivity contribution in [1.29, 1.82) is 0 Å². The van der Waals surface area contributed by atoms with Gasteiger partial charge in [-0.2, -0.15) is 0 Å². The highest BCUT2D eigenvalue weighted by atomic mass is 35.5. The number of benzene rings is 1. The molecule has 0 radical (unpaired) electrons. The number of morpholine rings is 1. The topological polar surface area (TPSA) is 21.3 Å². The minimum Gasteiger partial charge on any atom is -0.378 e. The lowest BCUT2D eigenvalue weighted by Crippen LogP contribution is -2.47. The standard InChI is InChI=1S/C13H18ClNO/c1-10-8-16-9-13(15-10)6-5-11-3-2-4-12(14)7-11/h2-4,7,10,13,15H,5-6,8-9H2,1H3. The van der Waals surface area contributed by atoms with Crippen molar-refractivity contribution in [1.82, 2.24) is 5.32 Å². The van der Waals surface area contributed by atoms with Crippen LogP contribution >= 0.6 is 11.6 Å². The van der Waals surface area contributed by atoms with Crippen molar-refractivity contribution in [3.05, 3.63) is 34.9 Å². The van der Waals surface area contributed by atoms with Crippen LogP contribution in [-0.4, -0.2) is 25.3 Å². The van der Waals surface area contributed by atoms with Gasteiger partial charge in [-0.15, -0.1) is 0 Å². The smallest absolute Gasteiger partial charge is 0.0620 e. The summed E-state index contributed by atoms with van der Waals surface area (Å²) < 4.78 is 5.52. The normalized spacial score (nSPS) is 25.6. The van der Waals surface area contributed by atoms with Crippen LogP contribution in [0.2, 0.25) is 5.02 Å². The summed E-state index contributed by atoms with van der Waals surface area (Å²) in [7, 11) is 0.